The summed E-state index contributed by atoms with van der Waals surface area (Å²) in [5, 5.41) is 8.82. The molecule has 1 aromatic heterocycles. The Kier molecular flexibility index (Phi) is 8.62. The van der Waals surface area contributed by atoms with Crippen molar-refractivity contribution in [1.82, 2.24) is 9.97 Å². The van der Waals surface area contributed by atoms with E-state index < -0.39 is 5.82 Å². The van der Waals surface area contributed by atoms with Crippen LogP contribution in [-0.4, -0.2) is 16.6 Å². The maximum Gasteiger partial charge on any atom is 0.166 e. The van der Waals surface area contributed by atoms with E-state index >= 15 is 0 Å². The van der Waals surface area contributed by atoms with Gasteiger partial charge in [-0.2, -0.15) is 5.26 Å². The number of ether oxygens (including phenoxy) is 1. The van der Waals surface area contributed by atoms with E-state index in [0.717, 1.165) is 37.9 Å². The number of hydrogen-bond acceptors (Lipinski definition) is 4. The second-order valence-electron chi connectivity index (χ2n) is 8.40. The number of aryl methyl sites for hydroxylation is 1. The Hall–Kier alpha value is -2.48. The number of unbranched alkanes of at least 4 members (excludes halogenated alkanes) is 4. The van der Waals surface area contributed by atoms with Crippen molar-refractivity contribution < 1.29 is 9.13 Å². The van der Waals surface area contributed by atoms with Crippen LogP contribution in [0.3, 0.4) is 0 Å². The minimum absolute atomic E-state index is 0.227. The van der Waals surface area contributed by atoms with Crippen molar-refractivity contribution in [3.63, 3.8) is 0 Å². The molecule has 0 radical (unpaired) electrons. The van der Waals surface area contributed by atoms with Gasteiger partial charge in [0.05, 0.1) is 18.2 Å². The van der Waals surface area contributed by atoms with E-state index in [1.807, 2.05) is 18.5 Å². The van der Waals surface area contributed by atoms with Gasteiger partial charge in [0.2, 0.25) is 0 Å². The highest BCUT2D eigenvalue weighted by molar-refractivity contribution is 5.36. The summed E-state index contributed by atoms with van der Waals surface area (Å²) in [4.78, 5) is 9.29. The van der Waals surface area contributed by atoms with E-state index in [4.69, 9.17) is 10.00 Å². The number of benzene rings is 1. The second kappa shape index (κ2) is 11.6. The highest BCUT2D eigenvalue weighted by Gasteiger charge is 2.25. The molecule has 2 aromatic rings. The highest BCUT2D eigenvalue weighted by Crippen LogP contribution is 2.34. The number of nitrogens with zero attached hydrogens (tertiary/aromatic N) is 3. The molecule has 0 saturated heterocycles. The molecule has 30 heavy (non-hydrogen) atoms. The zero-order valence-corrected chi connectivity index (χ0v) is 17.9. The van der Waals surface area contributed by atoms with Crippen molar-refractivity contribution >= 4 is 0 Å². The van der Waals surface area contributed by atoms with Gasteiger partial charge in [-0.25, -0.2) is 14.4 Å². The molecule has 5 heteroatoms. The molecule has 0 bridgehead atoms. The summed E-state index contributed by atoms with van der Waals surface area (Å²) in [6, 6.07) is 6.28. The van der Waals surface area contributed by atoms with Crippen molar-refractivity contribution in [2.75, 3.05) is 6.61 Å². The fraction of sp³-hybridized carbons (Fsp3) is 0.560. The van der Waals surface area contributed by atoms with Gasteiger partial charge >= 0.3 is 0 Å². The molecule has 1 heterocycles. The van der Waals surface area contributed by atoms with Gasteiger partial charge in [-0.15, -0.1) is 0 Å². The van der Waals surface area contributed by atoms with E-state index in [1.165, 1.54) is 43.7 Å². The van der Waals surface area contributed by atoms with Crippen molar-refractivity contribution in [3.8, 4) is 11.8 Å². The average Bonchev–Trinajstić information content (AvgIpc) is 2.79. The SMILES string of the molecule is CCCCCCCc1cnc(C2CCC(COc3ccc(C#N)cc3F)CC2)nc1. The number of aromatic nitrogens is 2. The summed E-state index contributed by atoms with van der Waals surface area (Å²) < 4.78 is 19.6. The van der Waals surface area contributed by atoms with Gasteiger partial charge in [-0.05, 0) is 68.2 Å². The van der Waals surface area contributed by atoms with Crippen LogP contribution in [0.5, 0.6) is 5.75 Å². The van der Waals surface area contributed by atoms with Crippen LogP contribution in [0.1, 0.15) is 87.6 Å². The van der Waals surface area contributed by atoms with Crippen molar-refractivity contribution in [2.24, 2.45) is 5.92 Å². The normalized spacial score (nSPS) is 18.7. The van der Waals surface area contributed by atoms with Gasteiger partial charge in [0, 0.05) is 18.3 Å². The summed E-state index contributed by atoms with van der Waals surface area (Å²) >= 11 is 0. The summed E-state index contributed by atoms with van der Waals surface area (Å²) in [6.45, 7) is 2.75. The third-order valence-corrected chi connectivity index (χ3v) is 6.04. The number of halogens is 1. The Morgan fingerprint density at radius 3 is 2.47 bits per heavy atom. The first-order valence-corrected chi connectivity index (χ1v) is 11.3. The Morgan fingerprint density at radius 1 is 1.07 bits per heavy atom. The van der Waals surface area contributed by atoms with Crippen LogP contribution >= 0.6 is 0 Å². The largest absolute Gasteiger partial charge is 0.490 e. The predicted octanol–water partition coefficient (Wildman–Crippen LogP) is 6.35. The monoisotopic (exact) mass is 409 g/mol. The van der Waals surface area contributed by atoms with Gasteiger partial charge in [0.1, 0.15) is 5.82 Å². The molecule has 1 aliphatic carbocycles. The first-order valence-electron chi connectivity index (χ1n) is 11.3. The minimum Gasteiger partial charge on any atom is -0.490 e. The number of rotatable bonds is 10. The first-order chi connectivity index (χ1) is 14.7. The van der Waals surface area contributed by atoms with Crippen molar-refractivity contribution in [2.45, 2.75) is 77.0 Å². The van der Waals surface area contributed by atoms with E-state index in [2.05, 4.69) is 16.9 Å². The molecule has 3 rings (SSSR count). The summed E-state index contributed by atoms with van der Waals surface area (Å²) in [7, 11) is 0. The van der Waals surface area contributed by atoms with E-state index in [-0.39, 0.29) is 5.75 Å². The van der Waals surface area contributed by atoms with Gasteiger partial charge in [-0.1, -0.05) is 32.6 Å². The molecule has 160 valence electrons. The average molecular weight is 410 g/mol. The molecule has 1 fully saturated rings. The number of hydrogen-bond donors (Lipinski definition) is 0. The molecule has 0 aliphatic heterocycles. The van der Waals surface area contributed by atoms with Crippen LogP contribution in [0, 0.1) is 23.1 Å². The lowest BCUT2D eigenvalue weighted by Gasteiger charge is -2.27. The highest BCUT2D eigenvalue weighted by atomic mass is 19.1. The van der Waals surface area contributed by atoms with Crippen LogP contribution in [0.15, 0.2) is 30.6 Å². The lowest BCUT2D eigenvalue weighted by molar-refractivity contribution is 0.192. The fourth-order valence-electron chi connectivity index (χ4n) is 4.12. The van der Waals surface area contributed by atoms with Crippen molar-refractivity contribution in [3.05, 3.63) is 53.4 Å². The van der Waals surface area contributed by atoms with Gasteiger partial charge in [-0.3, -0.25) is 0 Å². The van der Waals surface area contributed by atoms with Crippen LogP contribution < -0.4 is 4.74 Å². The molecule has 1 aromatic carbocycles. The number of nitriles is 1. The third kappa shape index (κ3) is 6.52. The molecule has 4 nitrogen and oxygen atoms in total. The molecular formula is C25H32FN3O. The smallest absolute Gasteiger partial charge is 0.166 e. The van der Waals surface area contributed by atoms with Crippen LogP contribution in [0.4, 0.5) is 4.39 Å². The van der Waals surface area contributed by atoms with Gasteiger partial charge < -0.3 is 4.74 Å². The predicted molar refractivity (Wildman–Crippen MR) is 116 cm³/mol. The lowest BCUT2D eigenvalue weighted by atomic mass is 9.82. The molecular weight excluding hydrogens is 377 g/mol. The molecule has 0 amide bonds. The summed E-state index contributed by atoms with van der Waals surface area (Å²) in [5.74, 6) is 1.54. The molecule has 0 unspecified atom stereocenters. The van der Waals surface area contributed by atoms with Crippen molar-refractivity contribution in [1.29, 1.82) is 5.26 Å². The Morgan fingerprint density at radius 2 is 1.80 bits per heavy atom. The standard InChI is InChI=1S/C25H32FN3O/c1-2-3-4-5-6-7-21-16-28-25(29-17-21)22-11-8-19(9-12-22)18-30-24-13-10-20(15-27)14-23(24)26/h10,13-14,16-17,19,22H,2-9,11-12,18H2,1H3. The Bertz CT molecular complexity index is 823. The topological polar surface area (TPSA) is 58.8 Å². The van der Waals surface area contributed by atoms with E-state index in [1.54, 1.807) is 12.1 Å². The third-order valence-electron chi connectivity index (χ3n) is 6.04. The quantitative estimate of drug-likeness (QED) is 0.429. The zero-order valence-electron chi connectivity index (χ0n) is 17.9. The van der Waals surface area contributed by atoms with Crippen LogP contribution in [0.25, 0.3) is 0 Å². The molecule has 0 N–H and O–H groups in total. The van der Waals surface area contributed by atoms with Crippen LogP contribution in [0.2, 0.25) is 0 Å². The summed E-state index contributed by atoms with van der Waals surface area (Å²) in [6.07, 6.45) is 15.7. The molecule has 1 aliphatic rings. The van der Waals surface area contributed by atoms with Crippen LogP contribution in [-0.2, 0) is 6.42 Å². The maximum atomic E-state index is 13.9. The Labute approximate surface area is 179 Å². The molecule has 0 atom stereocenters. The second-order valence-corrected chi connectivity index (χ2v) is 8.40. The summed E-state index contributed by atoms with van der Waals surface area (Å²) in [5.41, 5.74) is 1.55. The minimum atomic E-state index is -0.471. The van der Waals surface area contributed by atoms with E-state index in [0.29, 0.717) is 24.0 Å². The molecule has 1 saturated carbocycles. The molecule has 0 spiro atoms. The maximum absolute atomic E-state index is 13.9. The lowest BCUT2D eigenvalue weighted by Crippen LogP contribution is -2.20. The van der Waals surface area contributed by atoms with E-state index in [9.17, 15) is 4.39 Å². The van der Waals surface area contributed by atoms with Gasteiger partial charge in [0.15, 0.2) is 11.6 Å². The zero-order chi connectivity index (χ0) is 21.2. The Balaban J connectivity index is 1.40. The first kappa shape index (κ1) is 22.2. The van der Waals surface area contributed by atoms with Gasteiger partial charge in [0.25, 0.3) is 0 Å². The fourth-order valence-corrected chi connectivity index (χ4v) is 4.12.